The normalized spacial score (nSPS) is 32.6. The quantitative estimate of drug-likeness (QED) is 0.350. The van der Waals surface area contributed by atoms with E-state index in [1.165, 1.54) is 11.1 Å². The molecule has 7 atom stereocenters. The lowest BCUT2D eigenvalue weighted by molar-refractivity contribution is -0.0970. The summed E-state index contributed by atoms with van der Waals surface area (Å²) in [6.45, 7) is 13.0. The molecular weight excluding hydrogens is 738 g/mol. The van der Waals surface area contributed by atoms with Gasteiger partial charge >= 0.3 is 0 Å². The summed E-state index contributed by atoms with van der Waals surface area (Å²) in [6, 6.07) is 10.0. The Morgan fingerprint density at radius 1 is 1.11 bits per heavy atom. The number of amides is 1. The van der Waals surface area contributed by atoms with Gasteiger partial charge in [0.1, 0.15) is 11.3 Å². The van der Waals surface area contributed by atoms with Crippen molar-refractivity contribution in [2.75, 3.05) is 78.1 Å². The number of pyridine rings is 1. The number of aromatic nitrogens is 1. The van der Waals surface area contributed by atoms with Gasteiger partial charge in [-0.05, 0) is 105 Å². The van der Waals surface area contributed by atoms with Gasteiger partial charge in [0.25, 0.3) is 5.91 Å². The first-order chi connectivity index (χ1) is 26.4. The molecule has 11 nitrogen and oxygen atoms in total. The molecule has 2 aliphatic carbocycles. The van der Waals surface area contributed by atoms with E-state index in [0.29, 0.717) is 43.7 Å². The summed E-state index contributed by atoms with van der Waals surface area (Å²) in [7, 11) is -0.382. The summed E-state index contributed by atoms with van der Waals surface area (Å²) in [5.74, 6) is 0.723. The van der Waals surface area contributed by atoms with Crippen LogP contribution < -0.4 is 14.4 Å². The summed E-state index contributed by atoms with van der Waals surface area (Å²) < 4.78 is 48.5. The lowest BCUT2D eigenvalue weighted by Gasteiger charge is -2.52. The van der Waals surface area contributed by atoms with E-state index in [4.69, 9.17) is 30.8 Å². The van der Waals surface area contributed by atoms with Crippen molar-refractivity contribution in [1.29, 1.82) is 0 Å². The third kappa shape index (κ3) is 8.19. The third-order valence-corrected chi connectivity index (χ3v) is 15.8. The molecule has 302 valence electrons. The van der Waals surface area contributed by atoms with Gasteiger partial charge in [0.05, 0.1) is 18.5 Å². The summed E-state index contributed by atoms with van der Waals surface area (Å²) in [4.78, 5) is 26.0. The topological polar surface area (TPSA) is 114 Å². The number of nitrogens with one attached hydrogen (secondary N) is 1. The van der Waals surface area contributed by atoms with E-state index in [1.807, 2.05) is 20.1 Å². The number of carbonyl (C=O) groups is 1. The number of allylic oxidation sites excluding steroid dienone is 1. The Kier molecular flexibility index (Phi) is 12.2. The SMILES string of the molecule is CCC(COC)N1CCN(C[C@]2(OC)/C=C/C[C@H](C)[C@@H](C)S(=O)(=O)NC(=O)c3ccc4c(n3)N(C[C@@H]3CC[C@H]32)C[C@@]2(CCCc3cc(Cl)ccc32)CO4)CC1. The van der Waals surface area contributed by atoms with Crippen LogP contribution in [0.5, 0.6) is 5.75 Å². The average molecular weight is 798 g/mol. The average Bonchev–Trinajstić information content (AvgIpc) is 3.31. The Labute approximate surface area is 333 Å². The molecule has 4 heterocycles. The fraction of sp³-hybridized carbons (Fsp3) is 0.667. The highest BCUT2D eigenvalue weighted by Crippen LogP contribution is 2.49. The maximum absolute atomic E-state index is 13.6. The van der Waals surface area contributed by atoms with E-state index in [1.54, 1.807) is 26.2 Å². The van der Waals surface area contributed by atoms with Gasteiger partial charge in [-0.1, -0.05) is 43.7 Å². The van der Waals surface area contributed by atoms with E-state index >= 15 is 0 Å². The van der Waals surface area contributed by atoms with Gasteiger partial charge in [-0.2, -0.15) is 0 Å². The minimum atomic E-state index is -4.00. The maximum Gasteiger partial charge on any atom is 0.283 e. The summed E-state index contributed by atoms with van der Waals surface area (Å²) >= 11 is 6.51. The first kappa shape index (κ1) is 40.5. The van der Waals surface area contributed by atoms with Crippen molar-refractivity contribution < 1.29 is 27.4 Å². The molecule has 1 unspecified atom stereocenters. The molecule has 0 radical (unpaired) electrons. The van der Waals surface area contributed by atoms with E-state index in [2.05, 4.69) is 50.6 Å². The zero-order valence-corrected chi connectivity index (χ0v) is 34.8. The molecule has 2 fully saturated rings. The molecule has 55 heavy (non-hydrogen) atoms. The first-order valence-electron chi connectivity index (χ1n) is 20.3. The second-order valence-electron chi connectivity index (χ2n) is 16.9. The Morgan fingerprint density at radius 2 is 1.91 bits per heavy atom. The summed E-state index contributed by atoms with van der Waals surface area (Å²) in [5.41, 5.74) is 1.68. The van der Waals surface area contributed by atoms with Crippen molar-refractivity contribution in [1.82, 2.24) is 19.5 Å². The fourth-order valence-corrected chi connectivity index (χ4v) is 11.4. The number of carbonyl (C=O) groups excluding carboxylic acids is 1. The van der Waals surface area contributed by atoms with Crippen LogP contribution in [-0.4, -0.2) is 119 Å². The molecule has 2 bridgehead atoms. The number of hydrogen-bond acceptors (Lipinski definition) is 10. The Bertz CT molecular complexity index is 1840. The minimum absolute atomic E-state index is 0.0564. The van der Waals surface area contributed by atoms with Gasteiger partial charge in [0, 0.05) is 76.5 Å². The number of aryl methyl sites for hydroxylation is 1. The molecule has 1 spiro atoms. The number of piperazine rings is 1. The van der Waals surface area contributed by atoms with Crippen LogP contribution in [0.2, 0.25) is 5.02 Å². The van der Waals surface area contributed by atoms with Gasteiger partial charge in [-0.15, -0.1) is 0 Å². The molecule has 7 rings (SSSR count). The Hall–Kier alpha value is -2.74. The molecule has 1 saturated heterocycles. The highest BCUT2D eigenvalue weighted by molar-refractivity contribution is 7.90. The minimum Gasteiger partial charge on any atom is -0.489 e. The van der Waals surface area contributed by atoms with E-state index in [0.717, 1.165) is 82.9 Å². The highest BCUT2D eigenvalue weighted by Gasteiger charge is 2.50. The highest BCUT2D eigenvalue weighted by atomic mass is 35.5. The van der Waals surface area contributed by atoms with Crippen molar-refractivity contribution >= 4 is 33.3 Å². The van der Waals surface area contributed by atoms with Gasteiger partial charge < -0.3 is 19.1 Å². The number of hydrogen-bond donors (Lipinski definition) is 1. The second kappa shape index (κ2) is 16.6. The molecule has 1 saturated carbocycles. The molecule has 3 aliphatic heterocycles. The predicted octanol–water partition coefficient (Wildman–Crippen LogP) is 5.71. The van der Waals surface area contributed by atoms with Crippen LogP contribution >= 0.6 is 11.6 Å². The first-order valence-corrected chi connectivity index (χ1v) is 22.2. The van der Waals surface area contributed by atoms with E-state index in [-0.39, 0.29) is 28.9 Å². The standard InChI is InChI=1S/C42H60ClN5O6S/c1-6-34(25-52-4)47-21-19-46(20-22-47)27-42(53-5)18-7-9-29(2)30(3)55(50,51)45-40(49)37-15-16-38-39(44-37)48(24-32-11-13-36(32)42)26-41(28-54-38)17-8-10-31-23-33(43)12-14-35(31)41/h7,12,14-16,18,23,29-30,32,34,36H,6,8-11,13,17,19-22,24-28H2,1-5H3,(H,45,49)/b18-7+/t29-,30+,32-,34?,36+,41-,42+/m0/s1. The molecule has 1 amide bonds. The van der Waals surface area contributed by atoms with E-state index in [9.17, 15) is 13.2 Å². The van der Waals surface area contributed by atoms with Crippen molar-refractivity contribution in [3.8, 4) is 5.75 Å². The Balaban J connectivity index is 1.26. The number of benzene rings is 1. The fourth-order valence-electron chi connectivity index (χ4n) is 9.96. The number of rotatable bonds is 7. The summed E-state index contributed by atoms with van der Waals surface area (Å²) in [6.07, 6.45) is 11.0. The smallest absolute Gasteiger partial charge is 0.283 e. The van der Waals surface area contributed by atoms with Gasteiger partial charge in [-0.3, -0.25) is 14.6 Å². The van der Waals surface area contributed by atoms with Crippen LogP contribution in [0.25, 0.3) is 0 Å². The van der Waals surface area contributed by atoms with Gasteiger partial charge in [-0.25, -0.2) is 18.1 Å². The number of fused-ring (bicyclic) bond motifs is 4. The number of sulfonamides is 1. The molecule has 1 N–H and O–H groups in total. The molecule has 1 aromatic carbocycles. The molecule has 2 aromatic rings. The van der Waals surface area contributed by atoms with Gasteiger partial charge in [0.2, 0.25) is 10.0 Å². The number of halogens is 1. The number of anilines is 1. The number of nitrogens with zero attached hydrogens (tertiary/aromatic N) is 4. The lowest BCUT2D eigenvalue weighted by atomic mass is 9.63. The Morgan fingerprint density at radius 3 is 2.62 bits per heavy atom. The van der Waals surface area contributed by atoms with Crippen molar-refractivity contribution in [2.45, 2.75) is 88.0 Å². The van der Waals surface area contributed by atoms with Crippen LogP contribution in [0.15, 0.2) is 42.5 Å². The van der Waals surface area contributed by atoms with Crippen molar-refractivity contribution in [2.24, 2.45) is 17.8 Å². The molecule has 1 aromatic heterocycles. The van der Waals surface area contributed by atoms with Crippen molar-refractivity contribution in [3.05, 3.63) is 64.3 Å². The number of ether oxygens (including phenoxy) is 3. The summed E-state index contributed by atoms with van der Waals surface area (Å²) in [5, 5.41) is -0.0769. The van der Waals surface area contributed by atoms with Crippen molar-refractivity contribution in [3.63, 3.8) is 0 Å². The van der Waals surface area contributed by atoms with Crippen LogP contribution in [-0.2, 0) is 31.3 Å². The largest absolute Gasteiger partial charge is 0.489 e. The zero-order chi connectivity index (χ0) is 39.0. The third-order valence-electron chi connectivity index (χ3n) is 13.6. The molecule has 5 aliphatic rings. The van der Waals surface area contributed by atoms with Crippen LogP contribution in [0.4, 0.5) is 5.82 Å². The van der Waals surface area contributed by atoms with E-state index < -0.39 is 26.8 Å². The lowest BCUT2D eigenvalue weighted by Crippen LogP contribution is -2.60. The molecule has 13 heteroatoms. The second-order valence-corrected chi connectivity index (χ2v) is 19.3. The monoisotopic (exact) mass is 797 g/mol. The molecular formula is C42H60ClN5O6S. The van der Waals surface area contributed by atoms with Crippen LogP contribution in [0.3, 0.4) is 0 Å². The number of methoxy groups -OCH3 is 2. The predicted molar refractivity (Wildman–Crippen MR) is 217 cm³/mol. The maximum atomic E-state index is 13.6. The van der Waals surface area contributed by atoms with Crippen LogP contribution in [0.1, 0.15) is 80.9 Å². The zero-order valence-electron chi connectivity index (χ0n) is 33.3. The van der Waals surface area contributed by atoms with Crippen LogP contribution in [0, 0.1) is 17.8 Å². The van der Waals surface area contributed by atoms with Gasteiger partial charge in [0.15, 0.2) is 11.6 Å².